The van der Waals surface area contributed by atoms with Gasteiger partial charge in [0, 0.05) is 24.8 Å². The Kier molecular flexibility index (Phi) is 7.53. The zero-order chi connectivity index (χ0) is 14.9. The number of fused-ring (bicyclic) bond motifs is 3. The fraction of sp³-hybridized carbons (Fsp3) is 0. The Morgan fingerprint density at radius 1 is 0.955 bits per heavy atom. The van der Waals surface area contributed by atoms with Crippen molar-refractivity contribution in [1.29, 1.82) is 5.26 Å². The molecule has 0 amide bonds. The minimum absolute atomic E-state index is 0. The van der Waals surface area contributed by atoms with Gasteiger partial charge in [-0.05, 0) is 18.3 Å². The SMILES string of the molecule is [C-]#N.[Pt+2].[c-]1cccc2ccn3ccnc3c12.c1ccncc1. The number of benzene rings is 1. The number of rotatable bonds is 0. The molecule has 4 nitrogen and oxygen atoms in total. The smallest absolute Gasteiger partial charge is 0.512 e. The molecule has 0 aliphatic rings. The molecular weight excluding hydrogens is 455 g/mol. The summed E-state index contributed by atoms with van der Waals surface area (Å²) in [7, 11) is 0. The van der Waals surface area contributed by atoms with Gasteiger partial charge in [-0.15, -0.1) is 35.0 Å². The summed E-state index contributed by atoms with van der Waals surface area (Å²) < 4.78 is 2.00. The van der Waals surface area contributed by atoms with E-state index in [1.54, 1.807) is 18.6 Å². The maximum atomic E-state index is 6.25. The molecule has 0 saturated heterocycles. The molecule has 1 aromatic carbocycles. The summed E-state index contributed by atoms with van der Waals surface area (Å²) in [4.78, 5) is 8.06. The summed E-state index contributed by atoms with van der Waals surface area (Å²) in [5, 5.41) is 8.51. The fourth-order valence-electron chi connectivity index (χ4n) is 1.88. The van der Waals surface area contributed by atoms with Crippen LogP contribution in [0.1, 0.15) is 0 Å². The molecule has 0 aliphatic heterocycles. The average Bonchev–Trinajstić information content (AvgIpc) is 3.08. The normalized spacial score (nSPS) is 8.82. The number of aromatic nitrogens is 3. The molecule has 0 saturated carbocycles. The Morgan fingerprint density at radius 3 is 2.36 bits per heavy atom. The molecule has 4 rings (SSSR count). The largest absolute Gasteiger partial charge is 2.00 e. The summed E-state index contributed by atoms with van der Waals surface area (Å²) in [5.41, 5.74) is 0.970. The summed E-state index contributed by atoms with van der Waals surface area (Å²) in [6.07, 6.45) is 9.25. The van der Waals surface area contributed by atoms with E-state index >= 15 is 0 Å². The van der Waals surface area contributed by atoms with Gasteiger partial charge in [-0.25, -0.2) is 0 Å². The van der Waals surface area contributed by atoms with Crippen LogP contribution < -0.4 is 0 Å². The Bertz CT molecular complexity index is 798. The van der Waals surface area contributed by atoms with Crippen molar-refractivity contribution in [2.75, 3.05) is 0 Å². The number of imidazole rings is 1. The molecule has 0 radical (unpaired) electrons. The minimum atomic E-state index is 0. The van der Waals surface area contributed by atoms with Gasteiger partial charge in [0.2, 0.25) is 0 Å². The van der Waals surface area contributed by atoms with Gasteiger partial charge in [0.15, 0.2) is 0 Å². The van der Waals surface area contributed by atoms with Gasteiger partial charge in [0.1, 0.15) is 0 Å². The number of pyridine rings is 2. The van der Waals surface area contributed by atoms with E-state index in [1.165, 1.54) is 5.39 Å². The van der Waals surface area contributed by atoms with Gasteiger partial charge in [0.05, 0.1) is 5.65 Å². The fourth-order valence-corrected chi connectivity index (χ4v) is 1.88. The zero-order valence-corrected chi connectivity index (χ0v) is 13.8. The molecule has 5 heteroatoms. The van der Waals surface area contributed by atoms with Crippen molar-refractivity contribution >= 4 is 16.4 Å². The van der Waals surface area contributed by atoms with Crippen molar-refractivity contribution in [3.8, 4) is 0 Å². The number of hydrogen-bond donors (Lipinski definition) is 0. The minimum Gasteiger partial charge on any atom is -0.512 e. The predicted molar refractivity (Wildman–Crippen MR) is 80.7 cm³/mol. The molecule has 4 aromatic rings. The quantitative estimate of drug-likeness (QED) is 0.373. The zero-order valence-electron chi connectivity index (χ0n) is 11.5. The van der Waals surface area contributed by atoms with E-state index in [2.05, 4.69) is 28.2 Å². The second-order valence-electron chi connectivity index (χ2n) is 4.00. The second-order valence-corrected chi connectivity index (χ2v) is 4.00. The van der Waals surface area contributed by atoms with Gasteiger partial charge in [-0.1, -0.05) is 12.1 Å². The standard InChI is InChI=1S/C11H7N2.C5H5N.CN.Pt/c1-2-4-10-9(3-1)5-7-13-8-6-12-11(10)13;1-2-4-6-5-3-1;1-2;/h1-3,5-8H;1-5H;;/q-1;;-1;+2. The number of hydrogen-bond acceptors (Lipinski definition) is 3. The third-order valence-corrected chi connectivity index (χ3v) is 2.76. The van der Waals surface area contributed by atoms with Crippen LogP contribution in [0.25, 0.3) is 16.4 Å². The maximum absolute atomic E-state index is 6.25. The van der Waals surface area contributed by atoms with Crippen molar-refractivity contribution in [3.63, 3.8) is 0 Å². The molecule has 0 fully saturated rings. The van der Waals surface area contributed by atoms with E-state index in [9.17, 15) is 0 Å². The van der Waals surface area contributed by atoms with Crippen molar-refractivity contribution in [2.45, 2.75) is 0 Å². The van der Waals surface area contributed by atoms with Gasteiger partial charge in [-0.3, -0.25) is 9.97 Å². The van der Waals surface area contributed by atoms with Crippen LogP contribution in [0, 0.1) is 17.9 Å². The first kappa shape index (κ1) is 17.5. The maximum Gasteiger partial charge on any atom is 2.00 e. The molecule has 0 bridgehead atoms. The molecule has 0 atom stereocenters. The average molecular weight is 467 g/mol. The van der Waals surface area contributed by atoms with Crippen LogP contribution in [0.2, 0.25) is 0 Å². The van der Waals surface area contributed by atoms with E-state index in [0.29, 0.717) is 0 Å². The summed E-state index contributed by atoms with van der Waals surface area (Å²) in [6.45, 7) is 4.75. The molecule has 3 heterocycles. The second kappa shape index (κ2) is 9.44. The van der Waals surface area contributed by atoms with Gasteiger partial charge < -0.3 is 16.2 Å². The van der Waals surface area contributed by atoms with Crippen LogP contribution >= 0.6 is 0 Å². The molecule has 0 unspecified atom stereocenters. The summed E-state index contributed by atoms with van der Waals surface area (Å²) >= 11 is 0. The van der Waals surface area contributed by atoms with Crippen LogP contribution in [0.3, 0.4) is 0 Å². The van der Waals surface area contributed by atoms with Gasteiger partial charge in [-0.2, -0.15) is 0 Å². The Balaban J connectivity index is 0.000000230. The first-order valence-corrected chi connectivity index (χ1v) is 6.24. The molecule has 110 valence electrons. The third kappa shape index (κ3) is 4.24. The molecular formula is C17H12N4Pt. The predicted octanol–water partition coefficient (Wildman–Crippen LogP) is 3.46. The van der Waals surface area contributed by atoms with Gasteiger partial charge >= 0.3 is 21.1 Å². The molecule has 0 aliphatic carbocycles. The van der Waals surface area contributed by atoms with Crippen LogP contribution in [0.4, 0.5) is 0 Å². The van der Waals surface area contributed by atoms with Crippen LogP contribution in [0.5, 0.6) is 0 Å². The van der Waals surface area contributed by atoms with E-state index < -0.39 is 0 Å². The van der Waals surface area contributed by atoms with E-state index in [0.717, 1.165) is 11.0 Å². The van der Waals surface area contributed by atoms with E-state index in [4.69, 9.17) is 11.8 Å². The van der Waals surface area contributed by atoms with Crippen molar-refractivity contribution in [3.05, 3.63) is 86.1 Å². The Labute approximate surface area is 143 Å². The van der Waals surface area contributed by atoms with Crippen LogP contribution in [0.15, 0.2) is 73.4 Å². The van der Waals surface area contributed by atoms with Crippen LogP contribution in [-0.2, 0) is 21.1 Å². The van der Waals surface area contributed by atoms with Crippen LogP contribution in [-0.4, -0.2) is 14.4 Å². The monoisotopic (exact) mass is 467 g/mol. The van der Waals surface area contributed by atoms with Gasteiger partial charge in [0.25, 0.3) is 0 Å². The summed E-state index contributed by atoms with van der Waals surface area (Å²) in [6, 6.07) is 17.0. The van der Waals surface area contributed by atoms with Crippen molar-refractivity contribution in [2.24, 2.45) is 0 Å². The first-order chi connectivity index (χ1) is 10.4. The summed E-state index contributed by atoms with van der Waals surface area (Å²) in [5.74, 6) is 0. The van der Waals surface area contributed by atoms with Crippen molar-refractivity contribution < 1.29 is 21.1 Å². The van der Waals surface area contributed by atoms with E-state index in [-0.39, 0.29) is 21.1 Å². The molecule has 0 N–H and O–H groups in total. The molecule has 22 heavy (non-hydrogen) atoms. The molecule has 0 spiro atoms. The number of nitrogens with zero attached hydrogens (tertiary/aromatic N) is 4. The van der Waals surface area contributed by atoms with E-state index in [1.807, 2.05) is 47.1 Å². The first-order valence-electron chi connectivity index (χ1n) is 6.24. The van der Waals surface area contributed by atoms with Crippen molar-refractivity contribution in [1.82, 2.24) is 14.4 Å². The Morgan fingerprint density at radius 2 is 1.73 bits per heavy atom. The Hall–Kier alpha value is -2.50. The molecule has 3 aromatic heterocycles. The topological polar surface area (TPSA) is 54.0 Å². The third-order valence-electron chi connectivity index (χ3n) is 2.76.